The lowest BCUT2D eigenvalue weighted by Gasteiger charge is -2.24. The molecule has 4 nitrogen and oxygen atoms in total. The average Bonchev–Trinajstić information content (AvgIpc) is 2.49. The molecule has 5 heteroatoms. The molecule has 2 aromatic rings. The number of hydrogen-bond donors (Lipinski definition) is 0. The van der Waals surface area contributed by atoms with Crippen molar-refractivity contribution in [3.8, 4) is 0 Å². The van der Waals surface area contributed by atoms with E-state index in [4.69, 9.17) is 0 Å². The van der Waals surface area contributed by atoms with E-state index < -0.39 is 10.0 Å². The highest BCUT2D eigenvalue weighted by molar-refractivity contribution is 7.89. The highest BCUT2D eigenvalue weighted by Crippen LogP contribution is 2.20. The fourth-order valence-corrected chi connectivity index (χ4v) is 4.13. The Hall–Kier alpha value is -1.72. The van der Waals surface area contributed by atoms with Gasteiger partial charge in [0.2, 0.25) is 0 Å². The average molecular weight is 302 g/mol. The molecule has 0 spiro atoms. The first-order valence-electron chi connectivity index (χ1n) is 7.16. The minimum atomic E-state index is -3.48. The summed E-state index contributed by atoms with van der Waals surface area (Å²) in [6, 6.07) is 13.3. The van der Waals surface area contributed by atoms with Gasteiger partial charge < -0.3 is 0 Å². The summed E-state index contributed by atoms with van der Waals surface area (Å²) in [5.41, 5.74) is 2.59. The molecule has 0 radical (unpaired) electrons. The molecule has 0 atom stereocenters. The third-order valence-corrected chi connectivity index (χ3v) is 5.66. The summed E-state index contributed by atoms with van der Waals surface area (Å²) < 4.78 is 26.8. The maximum Gasteiger partial charge on any atom is 0.260 e. The molecule has 1 aromatic carbocycles. The topological polar surface area (TPSA) is 50.3 Å². The first kappa shape index (κ1) is 14.2. The van der Waals surface area contributed by atoms with Crippen LogP contribution in [-0.2, 0) is 22.9 Å². The molecule has 0 aliphatic carbocycles. The Labute approximate surface area is 125 Å². The summed E-state index contributed by atoms with van der Waals surface area (Å²) >= 11 is 0. The van der Waals surface area contributed by atoms with E-state index in [2.05, 4.69) is 17.1 Å². The Morgan fingerprint density at radius 2 is 1.62 bits per heavy atom. The van der Waals surface area contributed by atoms with Gasteiger partial charge in [-0.15, -0.1) is 0 Å². The number of fused-ring (bicyclic) bond motifs is 1. The Kier molecular flexibility index (Phi) is 4.03. The van der Waals surface area contributed by atoms with Crippen molar-refractivity contribution in [3.05, 3.63) is 59.8 Å². The van der Waals surface area contributed by atoms with E-state index in [1.807, 2.05) is 12.1 Å². The number of aromatic nitrogens is 1. The number of pyridine rings is 1. The van der Waals surface area contributed by atoms with Crippen LogP contribution in [0.3, 0.4) is 0 Å². The van der Waals surface area contributed by atoms with E-state index >= 15 is 0 Å². The molecule has 0 N–H and O–H groups in total. The van der Waals surface area contributed by atoms with Crippen molar-refractivity contribution in [2.75, 3.05) is 13.1 Å². The molecule has 3 rings (SSSR count). The van der Waals surface area contributed by atoms with E-state index in [-0.39, 0.29) is 5.03 Å². The van der Waals surface area contributed by atoms with Crippen LogP contribution in [-0.4, -0.2) is 30.8 Å². The van der Waals surface area contributed by atoms with Gasteiger partial charge in [0, 0.05) is 19.3 Å². The molecule has 110 valence electrons. The summed E-state index contributed by atoms with van der Waals surface area (Å²) in [6.45, 7) is 1.06. The predicted molar refractivity (Wildman–Crippen MR) is 81.5 cm³/mol. The van der Waals surface area contributed by atoms with Crippen LogP contribution in [0.1, 0.15) is 17.5 Å². The molecule has 0 saturated heterocycles. The Balaban J connectivity index is 1.85. The summed E-state index contributed by atoms with van der Waals surface area (Å²) in [7, 11) is -3.48. The van der Waals surface area contributed by atoms with Gasteiger partial charge in [0.15, 0.2) is 5.03 Å². The second kappa shape index (κ2) is 5.95. The largest absolute Gasteiger partial charge is 0.260 e. The molecule has 0 unspecified atom stereocenters. The van der Waals surface area contributed by atoms with Gasteiger partial charge in [-0.3, -0.25) is 0 Å². The predicted octanol–water partition coefficient (Wildman–Crippen LogP) is 2.26. The molecule has 0 amide bonds. The van der Waals surface area contributed by atoms with Crippen molar-refractivity contribution < 1.29 is 8.42 Å². The minimum Gasteiger partial charge on any atom is -0.243 e. The highest BCUT2D eigenvalue weighted by Gasteiger charge is 2.26. The van der Waals surface area contributed by atoms with E-state index in [0.29, 0.717) is 13.1 Å². The zero-order valence-electron chi connectivity index (χ0n) is 11.8. The van der Waals surface area contributed by atoms with Gasteiger partial charge in [-0.05, 0) is 42.5 Å². The maximum absolute atomic E-state index is 12.6. The SMILES string of the molecule is O=S(=O)(c1ccccn1)N1CCCc2ccccc2CC1. The highest BCUT2D eigenvalue weighted by atomic mass is 32.2. The number of benzene rings is 1. The standard InChI is InChI=1S/C16H18N2O2S/c19-21(20,16-9-3-4-11-17-16)18-12-5-8-14-6-1-2-7-15(14)10-13-18/h1-4,6-7,9,11H,5,8,10,12-13H2. The molecule has 1 aromatic heterocycles. The number of rotatable bonds is 2. The lowest BCUT2D eigenvalue weighted by molar-refractivity contribution is 0.399. The molecule has 21 heavy (non-hydrogen) atoms. The third kappa shape index (κ3) is 2.99. The molecule has 0 saturated carbocycles. The van der Waals surface area contributed by atoms with Crippen molar-refractivity contribution in [1.29, 1.82) is 0 Å². The molecule has 0 bridgehead atoms. The van der Waals surface area contributed by atoms with E-state index in [9.17, 15) is 8.42 Å². The molecule has 2 heterocycles. The molecule has 1 aliphatic rings. The van der Waals surface area contributed by atoms with Crippen molar-refractivity contribution >= 4 is 10.0 Å². The number of nitrogens with zero attached hydrogens (tertiary/aromatic N) is 2. The summed E-state index contributed by atoms with van der Waals surface area (Å²) in [6.07, 6.45) is 4.03. The van der Waals surface area contributed by atoms with Crippen molar-refractivity contribution in [2.45, 2.75) is 24.3 Å². The quantitative estimate of drug-likeness (QED) is 0.855. The zero-order chi connectivity index (χ0) is 14.7. The first-order chi connectivity index (χ1) is 10.2. The summed E-state index contributed by atoms with van der Waals surface area (Å²) in [5, 5.41) is 0.138. The van der Waals surface area contributed by atoms with Crippen LogP contribution in [0.25, 0.3) is 0 Å². The Morgan fingerprint density at radius 1 is 0.905 bits per heavy atom. The van der Waals surface area contributed by atoms with Crippen LogP contribution in [0.5, 0.6) is 0 Å². The molecular formula is C16H18N2O2S. The van der Waals surface area contributed by atoms with Gasteiger partial charge in [-0.25, -0.2) is 13.4 Å². The Morgan fingerprint density at radius 3 is 2.33 bits per heavy atom. The monoisotopic (exact) mass is 302 g/mol. The second-order valence-corrected chi connectivity index (χ2v) is 7.08. The van der Waals surface area contributed by atoms with Crippen LogP contribution >= 0.6 is 0 Å². The first-order valence-corrected chi connectivity index (χ1v) is 8.60. The van der Waals surface area contributed by atoms with Gasteiger partial charge in [0.05, 0.1) is 0 Å². The number of aryl methyl sites for hydroxylation is 1. The van der Waals surface area contributed by atoms with Crippen molar-refractivity contribution in [2.24, 2.45) is 0 Å². The van der Waals surface area contributed by atoms with Crippen molar-refractivity contribution in [3.63, 3.8) is 0 Å². The lowest BCUT2D eigenvalue weighted by atomic mass is 9.99. The molecule has 1 aliphatic heterocycles. The second-order valence-electron chi connectivity index (χ2n) is 5.19. The van der Waals surface area contributed by atoms with E-state index in [1.54, 1.807) is 22.5 Å². The normalized spacial score (nSPS) is 16.8. The zero-order valence-corrected chi connectivity index (χ0v) is 12.6. The van der Waals surface area contributed by atoms with Gasteiger partial charge in [0.1, 0.15) is 0 Å². The van der Waals surface area contributed by atoms with Crippen LogP contribution in [0, 0.1) is 0 Å². The van der Waals surface area contributed by atoms with Gasteiger partial charge >= 0.3 is 0 Å². The molecular weight excluding hydrogens is 284 g/mol. The molecule has 0 fully saturated rings. The van der Waals surface area contributed by atoms with Crippen LogP contribution in [0.2, 0.25) is 0 Å². The van der Waals surface area contributed by atoms with Gasteiger partial charge in [-0.2, -0.15) is 4.31 Å². The minimum absolute atomic E-state index is 0.138. The number of hydrogen-bond acceptors (Lipinski definition) is 3. The van der Waals surface area contributed by atoms with Gasteiger partial charge in [0.25, 0.3) is 10.0 Å². The number of sulfonamides is 1. The lowest BCUT2D eigenvalue weighted by Crippen LogP contribution is -2.35. The van der Waals surface area contributed by atoms with Crippen molar-refractivity contribution in [1.82, 2.24) is 9.29 Å². The van der Waals surface area contributed by atoms with E-state index in [0.717, 1.165) is 19.3 Å². The summed E-state index contributed by atoms with van der Waals surface area (Å²) in [5.74, 6) is 0. The van der Waals surface area contributed by atoms with Crippen LogP contribution < -0.4 is 0 Å². The smallest absolute Gasteiger partial charge is 0.243 e. The Bertz CT molecular complexity index is 714. The fourth-order valence-electron chi connectivity index (χ4n) is 2.72. The van der Waals surface area contributed by atoms with E-state index in [1.165, 1.54) is 17.3 Å². The fraction of sp³-hybridized carbons (Fsp3) is 0.312. The van der Waals surface area contributed by atoms with Gasteiger partial charge in [-0.1, -0.05) is 30.3 Å². The third-order valence-electron chi connectivity index (χ3n) is 3.84. The van der Waals surface area contributed by atoms with Crippen LogP contribution in [0.4, 0.5) is 0 Å². The summed E-state index contributed by atoms with van der Waals surface area (Å²) in [4.78, 5) is 3.99. The van der Waals surface area contributed by atoms with Crippen LogP contribution in [0.15, 0.2) is 53.7 Å². The maximum atomic E-state index is 12.6.